The summed E-state index contributed by atoms with van der Waals surface area (Å²) >= 11 is 0. The molecule has 166 valence electrons. The zero-order valence-corrected chi connectivity index (χ0v) is 16.5. The lowest BCUT2D eigenvalue weighted by Crippen LogP contribution is -2.56. The van der Waals surface area contributed by atoms with Crippen LogP contribution in [0, 0.1) is 0 Å². The highest BCUT2D eigenvalue weighted by molar-refractivity contribution is 5.82. The Kier molecular flexibility index (Phi) is 5.89. The van der Waals surface area contributed by atoms with Gasteiger partial charge in [-0.2, -0.15) is 0 Å². The number of imidazole rings is 1. The molecule has 1 fully saturated rings. The van der Waals surface area contributed by atoms with E-state index < -0.39 is 37.3 Å². The number of benzene rings is 1. The molecular formula is C19H23N5O7. The second-order valence-electron chi connectivity index (χ2n) is 7.11. The van der Waals surface area contributed by atoms with Gasteiger partial charge in [0.25, 0.3) is 0 Å². The molecule has 0 radical (unpaired) electrons. The topological polar surface area (TPSA) is 175 Å². The van der Waals surface area contributed by atoms with E-state index in [2.05, 4.69) is 20.3 Å². The highest BCUT2D eigenvalue weighted by atomic mass is 16.6. The second kappa shape index (κ2) is 8.61. The monoisotopic (exact) mass is 433 g/mol. The maximum Gasteiger partial charge on any atom is 0.167 e. The zero-order valence-electron chi connectivity index (χ0n) is 16.5. The molecule has 1 aromatic carbocycles. The number of phenols is 1. The van der Waals surface area contributed by atoms with Crippen molar-refractivity contribution in [1.29, 1.82) is 0 Å². The third-order valence-corrected chi connectivity index (χ3v) is 5.24. The van der Waals surface area contributed by atoms with Gasteiger partial charge in [0.05, 0.1) is 20.0 Å². The van der Waals surface area contributed by atoms with Gasteiger partial charge in [0, 0.05) is 18.2 Å². The van der Waals surface area contributed by atoms with Crippen LogP contribution in [0.5, 0.6) is 11.5 Å². The van der Waals surface area contributed by atoms with Crippen molar-refractivity contribution in [3.05, 3.63) is 36.4 Å². The lowest BCUT2D eigenvalue weighted by molar-refractivity contribution is -0.250. The Labute approximate surface area is 176 Å². The van der Waals surface area contributed by atoms with Crippen molar-refractivity contribution in [3.63, 3.8) is 0 Å². The molecular weight excluding hydrogens is 410 g/mol. The fraction of sp³-hybridized carbons (Fsp3) is 0.421. The third-order valence-electron chi connectivity index (χ3n) is 5.24. The maximum absolute atomic E-state index is 10.4. The third kappa shape index (κ3) is 3.86. The molecule has 0 aliphatic carbocycles. The first-order valence-corrected chi connectivity index (χ1v) is 9.52. The Hall–Kier alpha value is -3.03. The molecule has 12 nitrogen and oxygen atoms in total. The first kappa shape index (κ1) is 21.2. The van der Waals surface area contributed by atoms with Crippen molar-refractivity contribution >= 4 is 17.0 Å². The molecule has 4 rings (SSSR count). The standard InChI is InChI=1S/C19H23N5O7/c1-30-10-3-2-9(11(26)4-10)5-20-17-13-18(22-7-21-17)24(8-23-13)19-16(29)15(28)14(27)12(6-25)31-19/h2-4,7-8,12,14-16,19,25-29H,5-6H2,1H3,(H,20,21,22)/t12-,14-,15+,16-,19?/m1/s1. The van der Waals surface area contributed by atoms with E-state index in [1.807, 2.05) is 0 Å². The van der Waals surface area contributed by atoms with Crippen LogP contribution in [0.4, 0.5) is 5.82 Å². The summed E-state index contributed by atoms with van der Waals surface area (Å²) in [6, 6.07) is 4.94. The smallest absolute Gasteiger partial charge is 0.167 e. The van der Waals surface area contributed by atoms with Crippen LogP contribution in [-0.2, 0) is 11.3 Å². The van der Waals surface area contributed by atoms with Gasteiger partial charge >= 0.3 is 0 Å². The summed E-state index contributed by atoms with van der Waals surface area (Å²) in [4.78, 5) is 12.7. The lowest BCUT2D eigenvalue weighted by Gasteiger charge is -2.40. The number of aliphatic hydroxyl groups is 4. The Morgan fingerprint density at radius 1 is 1.13 bits per heavy atom. The molecule has 6 N–H and O–H groups in total. The molecule has 12 heteroatoms. The van der Waals surface area contributed by atoms with E-state index in [1.165, 1.54) is 30.4 Å². The summed E-state index contributed by atoms with van der Waals surface area (Å²) in [6.45, 7) is -0.296. The number of anilines is 1. The van der Waals surface area contributed by atoms with E-state index in [9.17, 15) is 25.5 Å². The van der Waals surface area contributed by atoms with Crippen molar-refractivity contribution in [2.24, 2.45) is 0 Å². The average molecular weight is 433 g/mol. The van der Waals surface area contributed by atoms with Crippen LogP contribution in [0.25, 0.3) is 11.2 Å². The zero-order chi connectivity index (χ0) is 22.1. The normalized spacial score (nSPS) is 26.2. The number of methoxy groups -OCH3 is 1. The van der Waals surface area contributed by atoms with Crippen molar-refractivity contribution in [2.75, 3.05) is 19.0 Å². The summed E-state index contributed by atoms with van der Waals surface area (Å²) in [6.07, 6.45) is -3.99. The summed E-state index contributed by atoms with van der Waals surface area (Å²) < 4.78 is 12.0. The predicted molar refractivity (Wildman–Crippen MR) is 106 cm³/mol. The number of aliphatic hydroxyl groups excluding tert-OH is 4. The van der Waals surface area contributed by atoms with E-state index >= 15 is 0 Å². The summed E-state index contributed by atoms with van der Waals surface area (Å²) in [7, 11) is 1.51. The van der Waals surface area contributed by atoms with Gasteiger partial charge in [0.15, 0.2) is 23.2 Å². The molecule has 2 aromatic heterocycles. The Morgan fingerprint density at radius 3 is 2.65 bits per heavy atom. The molecule has 3 heterocycles. The molecule has 0 amide bonds. The molecule has 31 heavy (non-hydrogen) atoms. The Bertz CT molecular complexity index is 1060. The van der Waals surface area contributed by atoms with Crippen LogP contribution in [0.3, 0.4) is 0 Å². The highest BCUT2D eigenvalue weighted by Gasteiger charge is 2.44. The van der Waals surface area contributed by atoms with E-state index in [1.54, 1.807) is 12.1 Å². The van der Waals surface area contributed by atoms with Crippen LogP contribution < -0.4 is 10.1 Å². The molecule has 1 unspecified atom stereocenters. The molecule has 1 saturated heterocycles. The van der Waals surface area contributed by atoms with Gasteiger partial charge in [0.1, 0.15) is 42.2 Å². The fourth-order valence-electron chi connectivity index (χ4n) is 3.48. The number of rotatable bonds is 6. The van der Waals surface area contributed by atoms with Crippen LogP contribution in [0.1, 0.15) is 11.8 Å². The van der Waals surface area contributed by atoms with E-state index in [4.69, 9.17) is 9.47 Å². The van der Waals surface area contributed by atoms with Crippen molar-refractivity contribution in [1.82, 2.24) is 19.5 Å². The minimum Gasteiger partial charge on any atom is -0.507 e. The molecule has 0 saturated carbocycles. The minimum atomic E-state index is -1.52. The SMILES string of the molecule is COc1ccc(CNc2ncnc3c2ncn3C2O[C@H](CO)[C@@H](O)[C@H](O)[C@H]2O)c(O)c1. The summed E-state index contributed by atoms with van der Waals surface area (Å²) in [5.41, 5.74) is 1.29. The van der Waals surface area contributed by atoms with Gasteiger partial charge in [-0.05, 0) is 12.1 Å². The number of aromatic nitrogens is 4. The number of phenolic OH excluding ortho intramolecular Hbond substituents is 1. The molecule has 5 atom stereocenters. The van der Waals surface area contributed by atoms with Crippen LogP contribution >= 0.6 is 0 Å². The van der Waals surface area contributed by atoms with E-state index in [-0.39, 0.29) is 12.3 Å². The van der Waals surface area contributed by atoms with E-state index in [0.29, 0.717) is 28.3 Å². The molecule has 0 spiro atoms. The molecule has 1 aliphatic heterocycles. The number of hydrogen-bond acceptors (Lipinski definition) is 11. The van der Waals surface area contributed by atoms with Crippen molar-refractivity contribution < 1.29 is 35.0 Å². The van der Waals surface area contributed by atoms with Crippen LogP contribution in [0.2, 0.25) is 0 Å². The van der Waals surface area contributed by atoms with Crippen LogP contribution in [0.15, 0.2) is 30.9 Å². The van der Waals surface area contributed by atoms with Gasteiger partial charge in [-0.25, -0.2) is 15.0 Å². The summed E-state index contributed by atoms with van der Waals surface area (Å²) in [5.74, 6) is 0.969. The van der Waals surface area contributed by atoms with Gasteiger partial charge in [0.2, 0.25) is 0 Å². The largest absolute Gasteiger partial charge is 0.507 e. The van der Waals surface area contributed by atoms with E-state index in [0.717, 1.165) is 0 Å². The lowest BCUT2D eigenvalue weighted by atomic mass is 9.98. The van der Waals surface area contributed by atoms with Crippen molar-refractivity contribution in [2.45, 2.75) is 37.2 Å². The number of hydrogen-bond donors (Lipinski definition) is 6. The highest BCUT2D eigenvalue weighted by Crippen LogP contribution is 2.31. The Balaban J connectivity index is 1.60. The molecule has 3 aromatic rings. The number of aromatic hydroxyl groups is 1. The number of nitrogens with zero attached hydrogens (tertiary/aromatic N) is 4. The average Bonchev–Trinajstić information content (AvgIpc) is 3.21. The minimum absolute atomic E-state index is 0.0593. The number of ether oxygens (including phenoxy) is 2. The van der Waals surface area contributed by atoms with Gasteiger partial charge in [-0.15, -0.1) is 0 Å². The quantitative estimate of drug-likeness (QED) is 0.285. The maximum atomic E-state index is 10.4. The second-order valence-corrected chi connectivity index (χ2v) is 7.11. The number of fused-ring (bicyclic) bond motifs is 1. The Morgan fingerprint density at radius 2 is 1.94 bits per heavy atom. The van der Waals surface area contributed by atoms with Gasteiger partial charge in [-0.3, -0.25) is 4.57 Å². The molecule has 1 aliphatic rings. The van der Waals surface area contributed by atoms with Crippen molar-refractivity contribution in [3.8, 4) is 11.5 Å². The van der Waals surface area contributed by atoms with Gasteiger partial charge < -0.3 is 40.3 Å². The fourth-order valence-corrected chi connectivity index (χ4v) is 3.48. The van der Waals surface area contributed by atoms with Crippen LogP contribution in [-0.4, -0.2) is 83.2 Å². The first-order valence-electron chi connectivity index (χ1n) is 9.52. The summed E-state index contributed by atoms with van der Waals surface area (Å²) in [5, 5.41) is 53.1. The van der Waals surface area contributed by atoms with Gasteiger partial charge in [-0.1, -0.05) is 0 Å². The molecule has 0 bridgehead atoms. The first-order chi connectivity index (χ1) is 14.9. The predicted octanol–water partition coefficient (Wildman–Crippen LogP) is -0.875. The number of nitrogens with one attached hydrogen (secondary N) is 1.